The number of aromatic nitrogens is 2. The number of hydrogen-bond acceptors (Lipinski definition) is 1. The van der Waals surface area contributed by atoms with Crippen LogP contribution in [0.1, 0.15) is 36.3 Å². The molecule has 0 aromatic carbocycles. The van der Waals surface area contributed by atoms with Gasteiger partial charge in [-0.25, -0.2) is 0 Å². The number of rotatable bonds is 2. The monoisotopic (exact) mass is 264 g/mol. The summed E-state index contributed by atoms with van der Waals surface area (Å²) in [5, 5.41) is 4.25. The minimum absolute atomic E-state index is 0.471. The van der Waals surface area contributed by atoms with Crippen LogP contribution in [0.5, 0.6) is 0 Å². The van der Waals surface area contributed by atoms with E-state index in [1.807, 2.05) is 10.9 Å². The molecule has 3 heteroatoms. The molecule has 0 bridgehead atoms. The second kappa shape index (κ2) is 3.56. The third-order valence-corrected chi connectivity index (χ3v) is 2.33. The van der Waals surface area contributed by atoms with Gasteiger partial charge in [-0.15, -0.1) is 0 Å². The van der Waals surface area contributed by atoms with Gasteiger partial charge in [-0.05, 0) is 20.8 Å². The average Bonchev–Trinajstić information content (AvgIpc) is 2.33. The lowest BCUT2D eigenvalue weighted by atomic mass is 10.3. The molecule has 0 N–H and O–H groups in total. The van der Waals surface area contributed by atoms with Crippen molar-refractivity contribution in [3.8, 4) is 0 Å². The van der Waals surface area contributed by atoms with Crippen LogP contribution in [0.25, 0.3) is 0 Å². The Balaban J connectivity index is 2.82. The van der Waals surface area contributed by atoms with Gasteiger partial charge in [-0.1, -0.05) is 22.6 Å². The minimum Gasteiger partial charge on any atom is -0.270 e. The van der Waals surface area contributed by atoms with E-state index in [2.05, 4.69) is 54.7 Å². The van der Waals surface area contributed by atoms with Crippen molar-refractivity contribution in [3.05, 3.63) is 18.0 Å². The predicted octanol–water partition coefficient (Wildman–Crippen LogP) is 2.96. The summed E-state index contributed by atoms with van der Waals surface area (Å²) in [6, 6.07) is 0.471. The summed E-state index contributed by atoms with van der Waals surface area (Å²) in [7, 11) is 0. The van der Waals surface area contributed by atoms with Gasteiger partial charge in [0.1, 0.15) is 0 Å². The van der Waals surface area contributed by atoms with Gasteiger partial charge >= 0.3 is 0 Å². The second-order valence-corrected chi connectivity index (χ2v) is 4.83. The normalized spacial score (nSPS) is 13.9. The molecule has 1 atom stereocenters. The first-order valence-electron chi connectivity index (χ1n) is 3.79. The van der Waals surface area contributed by atoms with E-state index in [-0.39, 0.29) is 0 Å². The summed E-state index contributed by atoms with van der Waals surface area (Å²) < 4.78 is 2.55. The molecule has 62 valence electrons. The van der Waals surface area contributed by atoms with Crippen molar-refractivity contribution in [2.24, 2.45) is 0 Å². The molecule has 0 aliphatic carbocycles. The van der Waals surface area contributed by atoms with Crippen molar-refractivity contribution in [3.63, 3.8) is 0 Å². The maximum Gasteiger partial charge on any atom is 0.0532 e. The smallest absolute Gasteiger partial charge is 0.0532 e. The fourth-order valence-corrected chi connectivity index (χ4v) is 1.16. The molecule has 0 fully saturated rings. The van der Waals surface area contributed by atoms with Crippen LogP contribution in [0.15, 0.2) is 12.4 Å². The molecule has 0 amide bonds. The molecule has 0 saturated heterocycles. The third-order valence-electron chi connectivity index (χ3n) is 1.61. The van der Waals surface area contributed by atoms with Gasteiger partial charge in [0.25, 0.3) is 0 Å². The van der Waals surface area contributed by atoms with Crippen LogP contribution < -0.4 is 0 Å². The first-order chi connectivity index (χ1) is 5.11. The van der Waals surface area contributed by atoms with E-state index in [4.69, 9.17) is 0 Å². The molecule has 1 rings (SSSR count). The molecule has 1 aromatic rings. The van der Waals surface area contributed by atoms with Crippen molar-refractivity contribution in [1.29, 1.82) is 0 Å². The van der Waals surface area contributed by atoms with Crippen LogP contribution in [-0.2, 0) is 0 Å². The Hall–Kier alpha value is -0.0600. The van der Waals surface area contributed by atoms with E-state index in [0.29, 0.717) is 9.97 Å². The predicted molar refractivity (Wildman–Crippen MR) is 55.0 cm³/mol. The number of halogens is 1. The zero-order chi connectivity index (χ0) is 8.43. The van der Waals surface area contributed by atoms with Gasteiger partial charge < -0.3 is 0 Å². The lowest BCUT2D eigenvalue weighted by Crippen LogP contribution is -1.99. The molecule has 1 aromatic heterocycles. The average molecular weight is 264 g/mol. The Morgan fingerprint density at radius 2 is 2.09 bits per heavy atom. The van der Waals surface area contributed by atoms with Crippen molar-refractivity contribution in [2.45, 2.75) is 30.7 Å². The Bertz CT molecular complexity index is 205. The highest BCUT2D eigenvalue weighted by molar-refractivity contribution is 14.1. The maximum absolute atomic E-state index is 4.25. The fourth-order valence-electron chi connectivity index (χ4n) is 0.841. The van der Waals surface area contributed by atoms with Gasteiger partial charge in [0.15, 0.2) is 0 Å². The van der Waals surface area contributed by atoms with Crippen LogP contribution in [0.2, 0.25) is 0 Å². The third kappa shape index (κ3) is 2.18. The SMILES string of the molecule is CC(I)c1cnn(C(C)C)c1. The zero-order valence-corrected chi connectivity index (χ0v) is 9.24. The van der Waals surface area contributed by atoms with E-state index in [0.717, 1.165) is 0 Å². The van der Waals surface area contributed by atoms with Crippen LogP contribution in [0, 0.1) is 0 Å². The Labute approximate surface area is 81.1 Å². The van der Waals surface area contributed by atoms with Gasteiger partial charge in [0, 0.05) is 21.7 Å². The molecule has 11 heavy (non-hydrogen) atoms. The van der Waals surface area contributed by atoms with E-state index >= 15 is 0 Å². The Morgan fingerprint density at radius 3 is 2.36 bits per heavy atom. The van der Waals surface area contributed by atoms with Crippen molar-refractivity contribution < 1.29 is 0 Å². The molecule has 0 aliphatic heterocycles. The maximum atomic E-state index is 4.25. The molecule has 0 saturated carbocycles. The summed E-state index contributed by atoms with van der Waals surface area (Å²) in [5.74, 6) is 0. The van der Waals surface area contributed by atoms with Gasteiger partial charge in [-0.2, -0.15) is 5.10 Å². The van der Waals surface area contributed by atoms with Crippen LogP contribution >= 0.6 is 22.6 Å². The molecule has 0 radical (unpaired) electrons. The Kier molecular flexibility index (Phi) is 2.92. The fraction of sp³-hybridized carbons (Fsp3) is 0.625. The van der Waals surface area contributed by atoms with Crippen LogP contribution in [-0.4, -0.2) is 9.78 Å². The Morgan fingerprint density at radius 1 is 1.45 bits per heavy atom. The topological polar surface area (TPSA) is 17.8 Å². The molecule has 1 heterocycles. The molecular weight excluding hydrogens is 251 g/mol. The van der Waals surface area contributed by atoms with Crippen molar-refractivity contribution in [2.75, 3.05) is 0 Å². The summed E-state index contributed by atoms with van der Waals surface area (Å²) >= 11 is 2.39. The first kappa shape index (κ1) is 9.03. The summed E-state index contributed by atoms with van der Waals surface area (Å²) in [5.41, 5.74) is 1.30. The van der Waals surface area contributed by atoms with E-state index in [1.54, 1.807) is 0 Å². The molecule has 0 aliphatic rings. The van der Waals surface area contributed by atoms with E-state index in [1.165, 1.54) is 5.56 Å². The van der Waals surface area contributed by atoms with Gasteiger partial charge in [0.05, 0.1) is 6.20 Å². The standard InChI is InChI=1S/C8H13IN2/c1-6(2)11-5-8(4-10-11)7(3)9/h4-7H,1-3H3. The molecule has 0 spiro atoms. The van der Waals surface area contributed by atoms with Crippen LogP contribution in [0.4, 0.5) is 0 Å². The highest BCUT2D eigenvalue weighted by Gasteiger charge is 2.04. The highest BCUT2D eigenvalue weighted by Crippen LogP contribution is 2.21. The number of hydrogen-bond donors (Lipinski definition) is 0. The minimum atomic E-state index is 0.471. The molecule has 1 unspecified atom stereocenters. The molecular formula is C8H13IN2. The lowest BCUT2D eigenvalue weighted by Gasteiger charge is -2.03. The largest absolute Gasteiger partial charge is 0.270 e. The van der Waals surface area contributed by atoms with E-state index in [9.17, 15) is 0 Å². The molecule has 2 nitrogen and oxygen atoms in total. The van der Waals surface area contributed by atoms with Gasteiger partial charge in [0.2, 0.25) is 0 Å². The van der Waals surface area contributed by atoms with Crippen molar-refractivity contribution >= 4 is 22.6 Å². The zero-order valence-electron chi connectivity index (χ0n) is 7.08. The second-order valence-electron chi connectivity index (χ2n) is 2.96. The number of nitrogens with zero attached hydrogens (tertiary/aromatic N) is 2. The summed E-state index contributed by atoms with van der Waals surface area (Å²) in [6.07, 6.45) is 4.05. The summed E-state index contributed by atoms with van der Waals surface area (Å²) in [6.45, 7) is 6.44. The quantitative estimate of drug-likeness (QED) is 0.593. The van der Waals surface area contributed by atoms with Crippen molar-refractivity contribution in [1.82, 2.24) is 9.78 Å². The summed E-state index contributed by atoms with van der Waals surface area (Å²) in [4.78, 5) is 0. The van der Waals surface area contributed by atoms with Crippen LogP contribution in [0.3, 0.4) is 0 Å². The van der Waals surface area contributed by atoms with Gasteiger partial charge in [-0.3, -0.25) is 4.68 Å². The first-order valence-corrected chi connectivity index (χ1v) is 5.04. The highest BCUT2D eigenvalue weighted by atomic mass is 127. The number of alkyl halides is 1. The van der Waals surface area contributed by atoms with E-state index < -0.39 is 0 Å². The lowest BCUT2D eigenvalue weighted by molar-refractivity contribution is 0.532.